The lowest BCUT2D eigenvalue weighted by Gasteiger charge is -2.21. The Morgan fingerprint density at radius 3 is 1.35 bits per heavy atom. The van der Waals surface area contributed by atoms with Crippen molar-refractivity contribution in [1.29, 1.82) is 0 Å². The summed E-state index contributed by atoms with van der Waals surface area (Å²) in [5.41, 5.74) is 10.2. The normalized spacial score (nSPS) is 11.3. The van der Waals surface area contributed by atoms with Gasteiger partial charge >= 0.3 is 0 Å². The first-order valence-corrected chi connectivity index (χ1v) is 16.2. The molecule has 3 heteroatoms. The van der Waals surface area contributed by atoms with Crippen LogP contribution in [0.2, 0.25) is 0 Å². The Morgan fingerprint density at radius 1 is 0.271 bits per heavy atom. The van der Waals surface area contributed by atoms with Gasteiger partial charge in [0.1, 0.15) is 11.4 Å². The van der Waals surface area contributed by atoms with E-state index in [0.29, 0.717) is 0 Å². The van der Waals surface area contributed by atoms with E-state index in [1.807, 2.05) is 24.3 Å². The molecule has 1 aromatic heterocycles. The van der Waals surface area contributed by atoms with Crippen molar-refractivity contribution >= 4 is 32.3 Å². The van der Waals surface area contributed by atoms with Crippen molar-refractivity contribution in [3.8, 4) is 55.9 Å². The molecule has 0 atom stereocenters. The molecule has 9 rings (SSSR count). The van der Waals surface area contributed by atoms with Gasteiger partial charge in [-0.2, -0.15) is 0 Å². The summed E-state index contributed by atoms with van der Waals surface area (Å²) < 4.78 is 0. The van der Waals surface area contributed by atoms with E-state index < -0.39 is 0 Å². The summed E-state index contributed by atoms with van der Waals surface area (Å²) in [7, 11) is 0. The lowest BCUT2D eigenvalue weighted by molar-refractivity contribution is 0.879. The third-order valence-electron chi connectivity index (χ3n) is 9.31. The molecule has 0 bridgehead atoms. The quantitative estimate of drug-likeness (QED) is 0.182. The highest BCUT2D eigenvalue weighted by Gasteiger charge is 2.24. The summed E-state index contributed by atoms with van der Waals surface area (Å²) in [6, 6.07) is 62.2. The third kappa shape index (κ3) is 4.56. The molecule has 8 aromatic carbocycles. The van der Waals surface area contributed by atoms with Crippen molar-refractivity contribution in [3.63, 3.8) is 0 Å². The van der Waals surface area contributed by atoms with Crippen molar-refractivity contribution < 1.29 is 0 Å². The molecule has 0 aliphatic rings. The van der Waals surface area contributed by atoms with Crippen molar-refractivity contribution in [1.82, 2.24) is 15.4 Å². The van der Waals surface area contributed by atoms with E-state index in [4.69, 9.17) is 5.10 Å². The zero-order valence-corrected chi connectivity index (χ0v) is 26.1. The highest BCUT2D eigenvalue weighted by Crippen LogP contribution is 2.48. The highest BCUT2D eigenvalue weighted by molar-refractivity contribution is 6.29. The van der Waals surface area contributed by atoms with Crippen LogP contribution < -0.4 is 0 Å². The van der Waals surface area contributed by atoms with Crippen LogP contribution in [0.15, 0.2) is 176 Å². The van der Waals surface area contributed by atoms with Gasteiger partial charge in [0.25, 0.3) is 0 Å². The molecule has 48 heavy (non-hydrogen) atoms. The van der Waals surface area contributed by atoms with E-state index in [1.165, 1.54) is 32.3 Å². The molecule has 0 N–H and O–H groups in total. The SMILES string of the molecule is c1ccc(-c2cccc(-c3nnnc(-c4ccccc4)c3-c3ccccc3)c2-c2cccc3c4ccccc4c4ccccc4c23)cc1. The minimum atomic E-state index is 0.796. The zero-order valence-electron chi connectivity index (χ0n) is 26.1. The van der Waals surface area contributed by atoms with Crippen LogP contribution in [0.25, 0.3) is 88.2 Å². The smallest absolute Gasteiger partial charge is 0.105 e. The fraction of sp³-hybridized carbons (Fsp3) is 0. The van der Waals surface area contributed by atoms with Gasteiger partial charge in [-0.25, -0.2) is 0 Å². The number of fused-ring (bicyclic) bond motifs is 6. The van der Waals surface area contributed by atoms with Gasteiger partial charge in [-0.15, -0.1) is 10.2 Å². The first-order chi connectivity index (χ1) is 23.9. The van der Waals surface area contributed by atoms with Crippen LogP contribution in [-0.2, 0) is 0 Å². The summed E-state index contributed by atoms with van der Waals surface area (Å²) in [6.07, 6.45) is 0. The second-order valence-corrected chi connectivity index (χ2v) is 12.0. The number of nitrogens with zero attached hydrogens (tertiary/aromatic N) is 3. The van der Waals surface area contributed by atoms with Gasteiger partial charge in [0.05, 0.1) is 0 Å². The molecule has 9 aromatic rings. The lowest BCUT2D eigenvalue weighted by atomic mass is 9.83. The largest absolute Gasteiger partial charge is 0.129 e. The number of rotatable bonds is 5. The van der Waals surface area contributed by atoms with Crippen LogP contribution in [-0.4, -0.2) is 15.4 Å². The second kappa shape index (κ2) is 11.7. The van der Waals surface area contributed by atoms with Crippen molar-refractivity contribution in [2.75, 3.05) is 0 Å². The van der Waals surface area contributed by atoms with E-state index in [9.17, 15) is 0 Å². The van der Waals surface area contributed by atoms with Gasteiger partial charge in [-0.05, 0) is 65.3 Å². The standard InChI is InChI=1S/C45H29N3/c1-4-16-30(17-5-1)33-26-14-29-40(45-41(31-18-6-2-7-19-31)44(46-48-47-45)32-20-8-3-9-21-32)42(33)39-28-15-27-38-36-23-11-10-22-34(36)35-24-12-13-25-37(35)43(38)39/h1-29H. The first kappa shape index (κ1) is 27.8. The molecule has 224 valence electrons. The Balaban J connectivity index is 1.45. The van der Waals surface area contributed by atoms with E-state index >= 15 is 0 Å². The maximum Gasteiger partial charge on any atom is 0.105 e. The Hall–Kier alpha value is -6.45. The molecule has 0 saturated carbocycles. The van der Waals surface area contributed by atoms with E-state index in [0.717, 1.165) is 55.9 Å². The molecule has 0 aliphatic heterocycles. The number of benzene rings is 8. The molecule has 0 saturated heterocycles. The van der Waals surface area contributed by atoms with Gasteiger partial charge in [0.15, 0.2) is 0 Å². The zero-order chi connectivity index (χ0) is 31.9. The third-order valence-corrected chi connectivity index (χ3v) is 9.31. The minimum Gasteiger partial charge on any atom is -0.129 e. The Kier molecular flexibility index (Phi) is 6.80. The average Bonchev–Trinajstić information content (AvgIpc) is 3.18. The molecule has 0 aliphatic carbocycles. The van der Waals surface area contributed by atoms with Gasteiger partial charge in [0.2, 0.25) is 0 Å². The average molecular weight is 612 g/mol. The van der Waals surface area contributed by atoms with Crippen molar-refractivity contribution in [3.05, 3.63) is 176 Å². The molecule has 0 spiro atoms. The summed E-state index contributed by atoms with van der Waals surface area (Å²) in [5.74, 6) is 0. The van der Waals surface area contributed by atoms with E-state index in [1.54, 1.807) is 0 Å². The predicted octanol–water partition coefficient (Wildman–Crippen LogP) is 11.7. The topological polar surface area (TPSA) is 38.7 Å². The monoisotopic (exact) mass is 611 g/mol. The van der Waals surface area contributed by atoms with Crippen molar-refractivity contribution in [2.45, 2.75) is 0 Å². The maximum atomic E-state index is 4.86. The Bertz CT molecular complexity index is 2550. The summed E-state index contributed by atoms with van der Waals surface area (Å²) >= 11 is 0. The molecule has 0 fully saturated rings. The molecule has 0 unspecified atom stereocenters. The molecule has 3 nitrogen and oxygen atoms in total. The van der Waals surface area contributed by atoms with Gasteiger partial charge in [-0.3, -0.25) is 0 Å². The molecular weight excluding hydrogens is 583 g/mol. The predicted molar refractivity (Wildman–Crippen MR) is 200 cm³/mol. The van der Waals surface area contributed by atoms with Crippen LogP contribution in [0.4, 0.5) is 0 Å². The minimum absolute atomic E-state index is 0.796. The second-order valence-electron chi connectivity index (χ2n) is 12.0. The van der Waals surface area contributed by atoms with Crippen LogP contribution in [0, 0.1) is 0 Å². The Morgan fingerprint density at radius 2 is 0.708 bits per heavy atom. The fourth-order valence-electron chi connectivity index (χ4n) is 7.25. The maximum absolute atomic E-state index is 4.86. The molecule has 0 amide bonds. The first-order valence-electron chi connectivity index (χ1n) is 16.2. The van der Waals surface area contributed by atoms with Gasteiger partial charge < -0.3 is 0 Å². The van der Waals surface area contributed by atoms with Gasteiger partial charge in [0, 0.05) is 16.7 Å². The summed E-state index contributed by atoms with van der Waals surface area (Å²) in [5, 5.41) is 21.4. The summed E-state index contributed by atoms with van der Waals surface area (Å²) in [4.78, 5) is 0. The Labute approximate surface area is 278 Å². The molecule has 0 radical (unpaired) electrons. The molecule has 1 heterocycles. The number of hydrogen-bond acceptors (Lipinski definition) is 3. The lowest BCUT2D eigenvalue weighted by Crippen LogP contribution is -2.02. The fourth-order valence-corrected chi connectivity index (χ4v) is 7.25. The summed E-state index contributed by atoms with van der Waals surface area (Å²) in [6.45, 7) is 0. The molecular formula is C45H29N3. The van der Waals surface area contributed by atoms with Crippen LogP contribution in [0.1, 0.15) is 0 Å². The number of aromatic nitrogens is 3. The number of hydrogen-bond donors (Lipinski definition) is 0. The van der Waals surface area contributed by atoms with E-state index in [2.05, 4.69) is 162 Å². The highest BCUT2D eigenvalue weighted by atomic mass is 15.3. The van der Waals surface area contributed by atoms with Crippen molar-refractivity contribution in [2.24, 2.45) is 0 Å². The van der Waals surface area contributed by atoms with Crippen LogP contribution in [0.5, 0.6) is 0 Å². The van der Waals surface area contributed by atoms with Crippen LogP contribution >= 0.6 is 0 Å². The van der Waals surface area contributed by atoms with Gasteiger partial charge in [-0.1, -0.05) is 176 Å². The van der Waals surface area contributed by atoms with Crippen LogP contribution in [0.3, 0.4) is 0 Å². The van der Waals surface area contributed by atoms with E-state index in [-0.39, 0.29) is 0 Å².